The highest BCUT2D eigenvalue weighted by atomic mass is 16.1. The molecule has 0 radical (unpaired) electrons. The zero-order valence-corrected chi connectivity index (χ0v) is 5.90. The van der Waals surface area contributed by atoms with E-state index >= 15 is 0 Å². The van der Waals surface area contributed by atoms with E-state index in [1.54, 1.807) is 0 Å². The van der Waals surface area contributed by atoms with E-state index in [1.165, 1.54) is 12.8 Å². The molecule has 0 atom stereocenters. The Labute approximate surface area is 58.5 Å². The molecule has 0 unspecified atom stereocenters. The third kappa shape index (κ3) is 0.781. The fraction of sp³-hybridized carbons (Fsp3) is 0.571. The Morgan fingerprint density at radius 2 is 2.10 bits per heavy atom. The van der Waals surface area contributed by atoms with Crippen molar-refractivity contribution in [3.05, 3.63) is 21.9 Å². The molecule has 0 aliphatic heterocycles. The molecular weight excluding hydrogens is 128 g/mol. The predicted molar refractivity (Wildman–Crippen MR) is 38.1 cm³/mol. The molecule has 1 saturated carbocycles. The summed E-state index contributed by atoms with van der Waals surface area (Å²) in [5, 5.41) is 0. The van der Waals surface area contributed by atoms with Crippen molar-refractivity contribution in [3.8, 4) is 0 Å². The Balaban J connectivity index is 2.47. The zero-order chi connectivity index (χ0) is 7.14. The molecule has 0 amide bonds. The van der Waals surface area contributed by atoms with Crippen LogP contribution in [0.2, 0.25) is 0 Å². The van der Waals surface area contributed by atoms with Crippen molar-refractivity contribution < 1.29 is 0 Å². The van der Waals surface area contributed by atoms with Crippen LogP contribution < -0.4 is 5.69 Å². The van der Waals surface area contributed by atoms with Gasteiger partial charge >= 0.3 is 5.69 Å². The first-order chi connectivity index (χ1) is 4.77. The van der Waals surface area contributed by atoms with Crippen LogP contribution >= 0.6 is 0 Å². The van der Waals surface area contributed by atoms with Crippen LogP contribution in [0.4, 0.5) is 0 Å². The fourth-order valence-corrected chi connectivity index (χ4v) is 1.27. The molecule has 2 rings (SSSR count). The smallest absolute Gasteiger partial charge is 0.310 e. The Kier molecular flexibility index (Phi) is 1.01. The maximum Gasteiger partial charge on any atom is 0.323 e. The molecule has 0 saturated heterocycles. The Morgan fingerprint density at radius 3 is 2.50 bits per heavy atom. The second kappa shape index (κ2) is 1.75. The standard InChI is InChI=1S/C7H10N2O/c1-4-6(5-2-3-5)9-7(10)8-4/h5H,2-3H2,1H3,(H2,8,9,10). The molecule has 10 heavy (non-hydrogen) atoms. The Bertz CT molecular complexity index is 293. The van der Waals surface area contributed by atoms with Gasteiger partial charge in [0.15, 0.2) is 0 Å². The van der Waals surface area contributed by atoms with Gasteiger partial charge < -0.3 is 9.97 Å². The maximum absolute atomic E-state index is 10.7. The number of H-pyrrole nitrogens is 2. The summed E-state index contributed by atoms with van der Waals surface area (Å²) in [6, 6.07) is 0. The van der Waals surface area contributed by atoms with Gasteiger partial charge in [-0.05, 0) is 19.8 Å². The van der Waals surface area contributed by atoms with Gasteiger partial charge in [0.1, 0.15) is 0 Å². The number of rotatable bonds is 1. The molecule has 1 aliphatic rings. The minimum Gasteiger partial charge on any atom is -0.310 e. The lowest BCUT2D eigenvalue weighted by molar-refractivity contribution is 1.02. The Morgan fingerprint density at radius 1 is 1.40 bits per heavy atom. The molecule has 54 valence electrons. The molecule has 0 bridgehead atoms. The van der Waals surface area contributed by atoms with E-state index in [9.17, 15) is 4.79 Å². The normalized spacial score (nSPS) is 17.7. The monoisotopic (exact) mass is 138 g/mol. The van der Waals surface area contributed by atoms with Gasteiger partial charge in [0.05, 0.1) is 0 Å². The van der Waals surface area contributed by atoms with E-state index in [0.29, 0.717) is 5.92 Å². The van der Waals surface area contributed by atoms with Gasteiger partial charge in [-0.15, -0.1) is 0 Å². The lowest BCUT2D eigenvalue weighted by Gasteiger charge is -1.90. The summed E-state index contributed by atoms with van der Waals surface area (Å²) in [7, 11) is 0. The SMILES string of the molecule is Cc1[nH]c(=O)[nH]c1C1CC1. The molecular formula is C7H10N2O. The topological polar surface area (TPSA) is 48.6 Å². The largest absolute Gasteiger partial charge is 0.323 e. The highest BCUT2D eigenvalue weighted by Crippen LogP contribution is 2.39. The van der Waals surface area contributed by atoms with Crippen LogP contribution in [0, 0.1) is 6.92 Å². The molecule has 1 aromatic rings. The lowest BCUT2D eigenvalue weighted by atomic mass is 10.2. The summed E-state index contributed by atoms with van der Waals surface area (Å²) >= 11 is 0. The van der Waals surface area contributed by atoms with E-state index in [4.69, 9.17) is 0 Å². The molecule has 3 heteroatoms. The van der Waals surface area contributed by atoms with Gasteiger partial charge in [-0.25, -0.2) is 4.79 Å². The quantitative estimate of drug-likeness (QED) is 0.594. The van der Waals surface area contributed by atoms with Crippen molar-refractivity contribution in [2.75, 3.05) is 0 Å². The summed E-state index contributed by atoms with van der Waals surface area (Å²) in [5.74, 6) is 0.638. The first-order valence-electron chi connectivity index (χ1n) is 3.56. The van der Waals surface area contributed by atoms with E-state index in [1.807, 2.05) is 6.92 Å². The van der Waals surface area contributed by atoms with Crippen LogP contribution in [-0.2, 0) is 0 Å². The lowest BCUT2D eigenvalue weighted by Crippen LogP contribution is -2.00. The summed E-state index contributed by atoms with van der Waals surface area (Å²) in [6.45, 7) is 1.94. The van der Waals surface area contributed by atoms with E-state index in [-0.39, 0.29) is 5.69 Å². The number of aromatic nitrogens is 2. The second-order valence-electron chi connectivity index (χ2n) is 2.89. The zero-order valence-electron chi connectivity index (χ0n) is 5.90. The summed E-state index contributed by atoms with van der Waals surface area (Å²) in [6.07, 6.45) is 2.46. The average Bonchev–Trinajstić information content (AvgIpc) is 2.61. The molecule has 0 aromatic carbocycles. The van der Waals surface area contributed by atoms with Crippen molar-refractivity contribution in [1.82, 2.24) is 9.97 Å². The fourth-order valence-electron chi connectivity index (χ4n) is 1.27. The summed E-state index contributed by atoms with van der Waals surface area (Å²) in [4.78, 5) is 16.2. The van der Waals surface area contributed by atoms with Crippen LogP contribution in [-0.4, -0.2) is 9.97 Å². The van der Waals surface area contributed by atoms with Crippen LogP contribution in [0.3, 0.4) is 0 Å². The van der Waals surface area contributed by atoms with E-state index in [0.717, 1.165) is 11.4 Å². The summed E-state index contributed by atoms with van der Waals surface area (Å²) < 4.78 is 0. The number of nitrogens with one attached hydrogen (secondary N) is 2. The first-order valence-corrected chi connectivity index (χ1v) is 3.56. The maximum atomic E-state index is 10.7. The number of hydrogen-bond acceptors (Lipinski definition) is 1. The molecule has 1 fully saturated rings. The number of hydrogen-bond donors (Lipinski definition) is 2. The number of aryl methyl sites for hydroxylation is 1. The van der Waals surface area contributed by atoms with Crippen LogP contribution in [0.5, 0.6) is 0 Å². The van der Waals surface area contributed by atoms with Gasteiger partial charge in [-0.3, -0.25) is 0 Å². The van der Waals surface area contributed by atoms with Gasteiger partial charge in [-0.2, -0.15) is 0 Å². The van der Waals surface area contributed by atoms with Crippen molar-refractivity contribution in [1.29, 1.82) is 0 Å². The van der Waals surface area contributed by atoms with E-state index < -0.39 is 0 Å². The third-order valence-electron chi connectivity index (χ3n) is 1.94. The van der Waals surface area contributed by atoms with Gasteiger partial charge in [0.2, 0.25) is 0 Å². The number of imidazole rings is 1. The molecule has 1 aliphatic carbocycles. The van der Waals surface area contributed by atoms with Crippen molar-refractivity contribution >= 4 is 0 Å². The van der Waals surface area contributed by atoms with Crippen molar-refractivity contribution in [3.63, 3.8) is 0 Å². The van der Waals surface area contributed by atoms with Crippen LogP contribution in [0.15, 0.2) is 4.79 Å². The van der Waals surface area contributed by atoms with Crippen LogP contribution in [0.25, 0.3) is 0 Å². The van der Waals surface area contributed by atoms with Gasteiger partial charge in [0, 0.05) is 17.3 Å². The van der Waals surface area contributed by atoms with Gasteiger partial charge in [-0.1, -0.05) is 0 Å². The number of aromatic amines is 2. The third-order valence-corrected chi connectivity index (χ3v) is 1.94. The highest BCUT2D eigenvalue weighted by molar-refractivity contribution is 5.18. The first kappa shape index (κ1) is 5.77. The second-order valence-corrected chi connectivity index (χ2v) is 2.89. The molecule has 1 aromatic heterocycles. The predicted octanol–water partition coefficient (Wildman–Crippen LogP) is 0.889. The molecule has 1 heterocycles. The van der Waals surface area contributed by atoms with Gasteiger partial charge in [0.25, 0.3) is 0 Å². The minimum atomic E-state index is -0.0700. The summed E-state index contributed by atoms with van der Waals surface area (Å²) in [5.41, 5.74) is 2.05. The molecule has 0 spiro atoms. The van der Waals surface area contributed by atoms with Crippen LogP contribution in [0.1, 0.15) is 30.1 Å². The van der Waals surface area contributed by atoms with Crippen molar-refractivity contribution in [2.45, 2.75) is 25.7 Å². The molecule has 2 N–H and O–H groups in total. The van der Waals surface area contributed by atoms with E-state index in [2.05, 4.69) is 9.97 Å². The minimum absolute atomic E-state index is 0.0700. The highest BCUT2D eigenvalue weighted by Gasteiger charge is 2.26. The Hall–Kier alpha value is -0.990. The molecule has 3 nitrogen and oxygen atoms in total. The average molecular weight is 138 g/mol. The van der Waals surface area contributed by atoms with Crippen molar-refractivity contribution in [2.24, 2.45) is 0 Å².